The minimum atomic E-state index is -0.896. The molecule has 0 aliphatic heterocycles. The molecule has 2 aromatic heterocycles. The van der Waals surface area contributed by atoms with Crippen LogP contribution in [0.3, 0.4) is 0 Å². The molecule has 104 valence electrons. The Morgan fingerprint density at radius 1 is 1.55 bits per heavy atom. The summed E-state index contributed by atoms with van der Waals surface area (Å²) in [7, 11) is 0. The van der Waals surface area contributed by atoms with Gasteiger partial charge in [-0.2, -0.15) is 5.26 Å². The van der Waals surface area contributed by atoms with Gasteiger partial charge >= 0.3 is 0 Å². The third kappa shape index (κ3) is 3.37. The number of aromatic nitrogens is 2. The van der Waals surface area contributed by atoms with E-state index in [1.807, 2.05) is 12.3 Å². The summed E-state index contributed by atoms with van der Waals surface area (Å²) in [6.45, 7) is 3.59. The number of nitriles is 1. The van der Waals surface area contributed by atoms with Crippen molar-refractivity contribution in [3.63, 3.8) is 0 Å². The summed E-state index contributed by atoms with van der Waals surface area (Å²) in [6, 6.07) is 3.74. The molecule has 2 aromatic rings. The molecule has 0 unspecified atom stereocenters. The van der Waals surface area contributed by atoms with Crippen LogP contribution >= 0.6 is 0 Å². The Balaban J connectivity index is 2.32. The van der Waals surface area contributed by atoms with Crippen molar-refractivity contribution >= 4 is 11.0 Å². The molecule has 20 heavy (non-hydrogen) atoms. The smallest absolute Gasteiger partial charge is 0.141 e. The van der Waals surface area contributed by atoms with Crippen molar-refractivity contribution in [2.45, 2.75) is 25.9 Å². The lowest BCUT2D eigenvalue weighted by atomic mass is 10.1. The molecule has 0 bridgehead atoms. The first-order valence-electron chi connectivity index (χ1n) is 6.36. The van der Waals surface area contributed by atoms with Gasteiger partial charge in [-0.05, 0) is 31.9 Å². The third-order valence-electron chi connectivity index (χ3n) is 2.73. The van der Waals surface area contributed by atoms with E-state index >= 15 is 0 Å². The van der Waals surface area contributed by atoms with Crippen molar-refractivity contribution in [1.29, 1.82) is 5.26 Å². The fourth-order valence-corrected chi connectivity index (χ4v) is 1.87. The highest BCUT2D eigenvalue weighted by atomic mass is 16.5. The van der Waals surface area contributed by atoms with E-state index in [0.717, 1.165) is 16.6 Å². The average Bonchev–Trinajstić information content (AvgIpc) is 2.80. The molecule has 0 saturated carbocycles. The van der Waals surface area contributed by atoms with Crippen molar-refractivity contribution in [3.8, 4) is 11.8 Å². The van der Waals surface area contributed by atoms with Crippen molar-refractivity contribution in [2.24, 2.45) is 0 Å². The molecule has 0 spiro atoms. The lowest BCUT2D eigenvalue weighted by molar-refractivity contribution is 0.0290. The Hall–Kier alpha value is -2.32. The minimum absolute atomic E-state index is 0.199. The van der Waals surface area contributed by atoms with Gasteiger partial charge in [-0.3, -0.25) is 0 Å². The third-order valence-corrected chi connectivity index (χ3v) is 2.73. The molecule has 0 aliphatic carbocycles. The number of hydrogen-bond donors (Lipinski definition) is 2. The summed E-state index contributed by atoms with van der Waals surface area (Å²) in [4.78, 5) is 7.33. The zero-order valence-corrected chi connectivity index (χ0v) is 11.6. The SMILES string of the molecule is CC(C)(O)COc1ccnc2[nH]cc(C/C=C\C#N)c12. The first-order chi connectivity index (χ1) is 9.51. The second kappa shape index (κ2) is 5.76. The normalized spacial score (nSPS) is 11.9. The molecule has 2 rings (SSSR count). The Morgan fingerprint density at radius 2 is 2.35 bits per heavy atom. The number of ether oxygens (including phenoxy) is 1. The highest BCUT2D eigenvalue weighted by Gasteiger charge is 2.16. The molecule has 0 amide bonds. The lowest BCUT2D eigenvalue weighted by Gasteiger charge is -2.18. The zero-order valence-electron chi connectivity index (χ0n) is 11.6. The van der Waals surface area contributed by atoms with Crippen LogP contribution in [-0.4, -0.2) is 27.3 Å². The number of fused-ring (bicyclic) bond motifs is 1. The Kier molecular flexibility index (Phi) is 4.06. The second-order valence-electron chi connectivity index (χ2n) is 5.18. The molecule has 0 saturated heterocycles. The number of hydrogen-bond acceptors (Lipinski definition) is 4. The van der Waals surface area contributed by atoms with E-state index in [2.05, 4.69) is 9.97 Å². The monoisotopic (exact) mass is 271 g/mol. The Morgan fingerprint density at radius 3 is 3.05 bits per heavy atom. The van der Waals surface area contributed by atoms with Gasteiger partial charge < -0.3 is 14.8 Å². The maximum atomic E-state index is 9.75. The number of pyridine rings is 1. The van der Waals surface area contributed by atoms with Crippen LogP contribution in [0, 0.1) is 11.3 Å². The largest absolute Gasteiger partial charge is 0.490 e. The minimum Gasteiger partial charge on any atom is -0.490 e. The van der Waals surface area contributed by atoms with Gasteiger partial charge in [0.25, 0.3) is 0 Å². The molecule has 2 N–H and O–H groups in total. The predicted molar refractivity (Wildman–Crippen MR) is 76.3 cm³/mol. The molecule has 0 aromatic carbocycles. The van der Waals surface area contributed by atoms with E-state index in [0.29, 0.717) is 12.2 Å². The molecule has 0 aliphatic rings. The van der Waals surface area contributed by atoms with Gasteiger partial charge in [-0.1, -0.05) is 6.08 Å². The number of H-pyrrole nitrogens is 1. The van der Waals surface area contributed by atoms with Crippen LogP contribution in [0.1, 0.15) is 19.4 Å². The number of aliphatic hydroxyl groups is 1. The van der Waals surface area contributed by atoms with E-state index in [1.54, 1.807) is 32.2 Å². The summed E-state index contributed by atoms with van der Waals surface area (Å²) in [5, 5.41) is 19.2. The van der Waals surface area contributed by atoms with E-state index in [-0.39, 0.29) is 6.61 Å². The number of allylic oxidation sites excluding steroid dienone is 2. The van der Waals surface area contributed by atoms with Crippen LogP contribution in [-0.2, 0) is 6.42 Å². The molecule has 2 heterocycles. The predicted octanol–water partition coefficient (Wildman–Crippen LogP) is 2.33. The maximum absolute atomic E-state index is 9.75. The summed E-state index contributed by atoms with van der Waals surface area (Å²) in [6.07, 6.45) is 7.38. The van der Waals surface area contributed by atoms with Gasteiger partial charge in [-0.25, -0.2) is 4.98 Å². The average molecular weight is 271 g/mol. The fourth-order valence-electron chi connectivity index (χ4n) is 1.87. The standard InChI is InChI=1S/C15H17N3O2/c1-15(2,19)10-20-12-6-8-17-14-13(12)11(9-18-14)5-3-4-7-16/h3-4,6,8-9,19H,5,10H2,1-2H3,(H,17,18)/b4-3-. The van der Waals surface area contributed by atoms with Gasteiger partial charge in [0, 0.05) is 18.5 Å². The van der Waals surface area contributed by atoms with E-state index < -0.39 is 5.60 Å². The van der Waals surface area contributed by atoms with Gasteiger partial charge in [-0.15, -0.1) is 0 Å². The number of rotatable bonds is 5. The quantitative estimate of drug-likeness (QED) is 0.818. The van der Waals surface area contributed by atoms with Crippen molar-refractivity contribution in [2.75, 3.05) is 6.61 Å². The van der Waals surface area contributed by atoms with E-state index in [4.69, 9.17) is 10.00 Å². The summed E-state index contributed by atoms with van der Waals surface area (Å²) in [5.41, 5.74) is 0.844. The molecule has 5 heteroatoms. The summed E-state index contributed by atoms with van der Waals surface area (Å²) >= 11 is 0. The zero-order chi connectivity index (χ0) is 14.6. The molecule has 0 radical (unpaired) electrons. The lowest BCUT2D eigenvalue weighted by Crippen LogP contribution is -2.27. The van der Waals surface area contributed by atoms with Crippen molar-refractivity contribution in [3.05, 3.63) is 36.2 Å². The van der Waals surface area contributed by atoms with Gasteiger partial charge in [0.1, 0.15) is 18.0 Å². The highest BCUT2D eigenvalue weighted by Crippen LogP contribution is 2.28. The Bertz CT molecular complexity index is 660. The van der Waals surface area contributed by atoms with Crippen LogP contribution in [0.2, 0.25) is 0 Å². The Labute approximate surface area is 117 Å². The molecule has 0 fully saturated rings. The fraction of sp³-hybridized carbons (Fsp3) is 0.333. The van der Waals surface area contributed by atoms with Crippen molar-refractivity contribution in [1.82, 2.24) is 9.97 Å². The first kappa shape index (κ1) is 14.1. The maximum Gasteiger partial charge on any atom is 0.141 e. The van der Waals surface area contributed by atoms with Crippen LogP contribution < -0.4 is 4.74 Å². The van der Waals surface area contributed by atoms with Gasteiger partial charge in [0.2, 0.25) is 0 Å². The molecule has 0 atom stereocenters. The highest BCUT2D eigenvalue weighted by molar-refractivity contribution is 5.86. The van der Waals surface area contributed by atoms with Crippen LogP contribution in [0.4, 0.5) is 0 Å². The number of nitrogens with one attached hydrogen (secondary N) is 1. The van der Waals surface area contributed by atoms with E-state index in [9.17, 15) is 5.11 Å². The summed E-state index contributed by atoms with van der Waals surface area (Å²) < 4.78 is 5.69. The second-order valence-corrected chi connectivity index (χ2v) is 5.18. The van der Waals surface area contributed by atoms with Crippen molar-refractivity contribution < 1.29 is 9.84 Å². The number of nitrogens with zero attached hydrogens (tertiary/aromatic N) is 2. The van der Waals surface area contributed by atoms with E-state index in [1.165, 1.54) is 6.08 Å². The first-order valence-corrected chi connectivity index (χ1v) is 6.36. The number of aromatic amines is 1. The summed E-state index contributed by atoms with van der Waals surface area (Å²) in [5.74, 6) is 0.679. The molecule has 5 nitrogen and oxygen atoms in total. The molecular weight excluding hydrogens is 254 g/mol. The molecular formula is C15H17N3O2. The van der Waals surface area contributed by atoms with Crippen LogP contribution in [0.5, 0.6) is 5.75 Å². The van der Waals surface area contributed by atoms with Crippen LogP contribution in [0.15, 0.2) is 30.6 Å². The van der Waals surface area contributed by atoms with Crippen LogP contribution in [0.25, 0.3) is 11.0 Å². The van der Waals surface area contributed by atoms with Gasteiger partial charge in [0.05, 0.1) is 17.1 Å². The van der Waals surface area contributed by atoms with Gasteiger partial charge in [0.15, 0.2) is 0 Å². The topological polar surface area (TPSA) is 81.9 Å².